The van der Waals surface area contributed by atoms with Gasteiger partial charge in [-0.1, -0.05) is 32.6 Å². The maximum Gasteiger partial charge on any atom is 0.234 e. The standard InChI is InChI=1S/C13H19N3O2S/c1-13(2,3)10-19(17,18)16-12-9-11(5-4-7-14)6-8-15-12/h6,8-9H,7,10,14H2,1-3H3,(H,15,16). The molecule has 104 valence electrons. The molecule has 0 aromatic carbocycles. The summed E-state index contributed by atoms with van der Waals surface area (Å²) < 4.78 is 26.3. The molecule has 0 radical (unpaired) electrons. The number of nitrogens with two attached hydrogens (primary N) is 1. The largest absolute Gasteiger partial charge is 0.320 e. The topological polar surface area (TPSA) is 85.1 Å². The molecular weight excluding hydrogens is 262 g/mol. The number of rotatable bonds is 3. The average Bonchev–Trinajstić information content (AvgIpc) is 2.22. The van der Waals surface area contributed by atoms with E-state index in [0.717, 1.165) is 0 Å². The lowest BCUT2D eigenvalue weighted by Crippen LogP contribution is -2.26. The molecule has 5 nitrogen and oxygen atoms in total. The van der Waals surface area contributed by atoms with E-state index < -0.39 is 10.0 Å². The first-order chi connectivity index (χ1) is 8.72. The van der Waals surface area contributed by atoms with E-state index >= 15 is 0 Å². The van der Waals surface area contributed by atoms with Crippen molar-refractivity contribution < 1.29 is 8.42 Å². The molecule has 0 aliphatic rings. The molecule has 6 heteroatoms. The van der Waals surface area contributed by atoms with Crippen LogP contribution in [0.15, 0.2) is 18.3 Å². The van der Waals surface area contributed by atoms with Crippen LogP contribution in [0.1, 0.15) is 26.3 Å². The van der Waals surface area contributed by atoms with Crippen molar-refractivity contribution in [3.63, 3.8) is 0 Å². The Kier molecular flexibility index (Phi) is 4.92. The lowest BCUT2D eigenvalue weighted by atomic mass is 10.0. The number of sulfonamides is 1. The highest BCUT2D eigenvalue weighted by atomic mass is 32.2. The molecule has 19 heavy (non-hydrogen) atoms. The molecule has 1 heterocycles. The van der Waals surface area contributed by atoms with Crippen LogP contribution in [0.5, 0.6) is 0 Å². The van der Waals surface area contributed by atoms with E-state index in [9.17, 15) is 8.42 Å². The van der Waals surface area contributed by atoms with Crippen LogP contribution in [0, 0.1) is 17.3 Å². The summed E-state index contributed by atoms with van der Waals surface area (Å²) in [6.45, 7) is 5.85. The van der Waals surface area contributed by atoms with Gasteiger partial charge in [0.2, 0.25) is 10.0 Å². The highest BCUT2D eigenvalue weighted by Gasteiger charge is 2.21. The molecule has 3 N–H and O–H groups in total. The number of nitrogens with one attached hydrogen (secondary N) is 1. The van der Waals surface area contributed by atoms with Crippen molar-refractivity contribution in [3.05, 3.63) is 23.9 Å². The summed E-state index contributed by atoms with van der Waals surface area (Å²) >= 11 is 0. The van der Waals surface area contributed by atoms with Gasteiger partial charge in [-0.15, -0.1) is 0 Å². The van der Waals surface area contributed by atoms with Crippen molar-refractivity contribution in [1.82, 2.24) is 4.98 Å². The maximum atomic E-state index is 11.9. The van der Waals surface area contributed by atoms with Gasteiger partial charge in [0.05, 0.1) is 12.3 Å². The van der Waals surface area contributed by atoms with E-state index in [1.165, 1.54) is 6.20 Å². The third kappa shape index (κ3) is 6.22. The highest BCUT2D eigenvalue weighted by molar-refractivity contribution is 7.92. The minimum atomic E-state index is -3.41. The molecule has 1 aromatic heterocycles. The zero-order valence-electron chi connectivity index (χ0n) is 11.4. The fraction of sp³-hybridized carbons (Fsp3) is 0.462. The van der Waals surface area contributed by atoms with Crippen molar-refractivity contribution in [1.29, 1.82) is 0 Å². The van der Waals surface area contributed by atoms with Crippen molar-refractivity contribution >= 4 is 15.8 Å². The number of hydrogen-bond acceptors (Lipinski definition) is 4. The van der Waals surface area contributed by atoms with Gasteiger partial charge in [-0.3, -0.25) is 4.72 Å². The second-order valence-electron chi connectivity index (χ2n) is 5.36. The number of hydrogen-bond donors (Lipinski definition) is 2. The van der Waals surface area contributed by atoms with Gasteiger partial charge in [0.15, 0.2) is 0 Å². The van der Waals surface area contributed by atoms with Gasteiger partial charge in [0.1, 0.15) is 5.82 Å². The molecule has 0 aliphatic carbocycles. The Labute approximate surface area is 114 Å². The summed E-state index contributed by atoms with van der Waals surface area (Å²) in [5.74, 6) is 5.83. The first kappa shape index (κ1) is 15.5. The Bertz CT molecular complexity index is 592. The molecule has 0 spiro atoms. The van der Waals surface area contributed by atoms with E-state index in [1.54, 1.807) is 12.1 Å². The van der Waals surface area contributed by atoms with Gasteiger partial charge in [-0.25, -0.2) is 13.4 Å². The molecule has 0 unspecified atom stereocenters. The van der Waals surface area contributed by atoms with Crippen molar-refractivity contribution in [2.45, 2.75) is 20.8 Å². The Morgan fingerprint density at radius 2 is 2.11 bits per heavy atom. The summed E-state index contributed by atoms with van der Waals surface area (Å²) in [6, 6.07) is 3.28. The van der Waals surface area contributed by atoms with Crippen LogP contribution in [0.4, 0.5) is 5.82 Å². The van der Waals surface area contributed by atoms with Crippen LogP contribution in [-0.2, 0) is 10.0 Å². The third-order valence-electron chi connectivity index (χ3n) is 1.98. The molecule has 1 rings (SSSR count). The molecule has 0 atom stereocenters. The summed E-state index contributed by atoms with van der Waals surface area (Å²) in [7, 11) is -3.41. The van der Waals surface area contributed by atoms with Gasteiger partial charge in [0, 0.05) is 11.8 Å². The number of pyridine rings is 1. The van der Waals surface area contributed by atoms with Gasteiger partial charge in [-0.05, 0) is 17.5 Å². The Morgan fingerprint density at radius 3 is 2.68 bits per heavy atom. The molecule has 0 aliphatic heterocycles. The SMILES string of the molecule is CC(C)(C)CS(=O)(=O)Nc1cc(C#CCN)ccn1. The molecule has 1 aromatic rings. The minimum Gasteiger partial charge on any atom is -0.320 e. The van der Waals surface area contributed by atoms with Gasteiger partial charge >= 0.3 is 0 Å². The number of nitrogens with zero attached hydrogens (tertiary/aromatic N) is 1. The molecule has 0 amide bonds. The minimum absolute atomic E-state index is 0.0282. The quantitative estimate of drug-likeness (QED) is 0.815. The molecule has 0 fully saturated rings. The van der Waals surface area contributed by atoms with E-state index in [1.807, 2.05) is 20.8 Å². The van der Waals surface area contributed by atoms with E-state index in [-0.39, 0.29) is 23.5 Å². The van der Waals surface area contributed by atoms with Crippen molar-refractivity contribution in [2.24, 2.45) is 11.1 Å². The second-order valence-corrected chi connectivity index (χ2v) is 7.08. The van der Waals surface area contributed by atoms with Crippen LogP contribution >= 0.6 is 0 Å². The average molecular weight is 281 g/mol. The van der Waals surface area contributed by atoms with Crippen LogP contribution < -0.4 is 10.5 Å². The van der Waals surface area contributed by atoms with Crippen molar-refractivity contribution in [2.75, 3.05) is 17.0 Å². The molecular formula is C13H19N3O2S. The molecule has 0 saturated carbocycles. The first-order valence-electron chi connectivity index (χ1n) is 5.87. The summed E-state index contributed by atoms with van der Waals surface area (Å²) in [5, 5.41) is 0. The maximum absolute atomic E-state index is 11.9. The summed E-state index contributed by atoms with van der Waals surface area (Å²) in [6.07, 6.45) is 1.51. The molecule has 0 bridgehead atoms. The van der Waals surface area contributed by atoms with E-state index in [2.05, 4.69) is 21.5 Å². The Balaban J connectivity index is 2.88. The van der Waals surface area contributed by atoms with Gasteiger partial charge < -0.3 is 5.73 Å². The lowest BCUT2D eigenvalue weighted by Gasteiger charge is -2.18. The fourth-order valence-corrected chi connectivity index (χ4v) is 3.13. The Morgan fingerprint density at radius 1 is 1.42 bits per heavy atom. The Hall–Kier alpha value is -1.58. The molecule has 0 saturated heterocycles. The number of anilines is 1. The first-order valence-corrected chi connectivity index (χ1v) is 7.52. The van der Waals surface area contributed by atoms with Crippen LogP contribution in [0.2, 0.25) is 0 Å². The third-order valence-corrected chi connectivity index (χ3v) is 3.74. The monoisotopic (exact) mass is 281 g/mol. The van der Waals surface area contributed by atoms with Gasteiger partial charge in [-0.2, -0.15) is 0 Å². The zero-order valence-corrected chi connectivity index (χ0v) is 12.2. The predicted molar refractivity (Wildman–Crippen MR) is 77.0 cm³/mol. The fourth-order valence-electron chi connectivity index (χ4n) is 1.48. The van der Waals surface area contributed by atoms with Crippen molar-refractivity contribution in [3.8, 4) is 11.8 Å². The highest BCUT2D eigenvalue weighted by Crippen LogP contribution is 2.17. The van der Waals surface area contributed by atoms with E-state index in [0.29, 0.717) is 5.56 Å². The predicted octanol–water partition coefficient (Wildman–Crippen LogP) is 1.18. The van der Waals surface area contributed by atoms with Crippen LogP contribution in [0.25, 0.3) is 0 Å². The smallest absolute Gasteiger partial charge is 0.234 e. The summed E-state index contributed by atoms with van der Waals surface area (Å²) in [5.41, 5.74) is 5.64. The van der Waals surface area contributed by atoms with Gasteiger partial charge in [0.25, 0.3) is 0 Å². The lowest BCUT2D eigenvalue weighted by molar-refractivity contribution is 0.463. The van der Waals surface area contributed by atoms with Crippen LogP contribution in [0.3, 0.4) is 0 Å². The number of aromatic nitrogens is 1. The zero-order chi connectivity index (χ0) is 14.5. The summed E-state index contributed by atoms with van der Waals surface area (Å²) in [4.78, 5) is 3.97. The van der Waals surface area contributed by atoms with E-state index in [4.69, 9.17) is 5.73 Å². The second kappa shape index (κ2) is 6.04. The normalized spacial score (nSPS) is 11.6. The van der Waals surface area contributed by atoms with Crippen LogP contribution in [-0.4, -0.2) is 25.7 Å².